The van der Waals surface area contributed by atoms with Crippen LogP contribution in [0.15, 0.2) is 18.2 Å². The molecule has 21 heavy (non-hydrogen) atoms. The molecule has 1 aromatic carbocycles. The highest BCUT2D eigenvalue weighted by atomic mass is 35.5. The predicted octanol–water partition coefficient (Wildman–Crippen LogP) is 2.89. The summed E-state index contributed by atoms with van der Waals surface area (Å²) in [5.74, 6) is 0.815. The second kappa shape index (κ2) is 8.25. The van der Waals surface area contributed by atoms with Crippen LogP contribution in [-0.2, 0) is 11.3 Å². The molecule has 0 radical (unpaired) electrons. The molecule has 0 atom stereocenters. The number of rotatable bonds is 9. The number of nitrogens with one attached hydrogen (secondary N) is 2. The maximum atomic E-state index is 11.6. The van der Waals surface area contributed by atoms with Crippen molar-refractivity contribution in [1.82, 2.24) is 10.6 Å². The summed E-state index contributed by atoms with van der Waals surface area (Å²) in [6.07, 6.45) is 3.66. The van der Waals surface area contributed by atoms with Crippen LogP contribution in [0.25, 0.3) is 0 Å². The quantitative estimate of drug-likeness (QED) is 0.690. The fourth-order valence-corrected chi connectivity index (χ4v) is 2.25. The topological polar surface area (TPSA) is 50.4 Å². The van der Waals surface area contributed by atoms with Crippen molar-refractivity contribution in [2.24, 2.45) is 0 Å². The van der Waals surface area contributed by atoms with Gasteiger partial charge >= 0.3 is 0 Å². The largest absolute Gasteiger partial charge is 0.493 e. The first-order chi connectivity index (χ1) is 10.2. The van der Waals surface area contributed by atoms with Gasteiger partial charge in [0.25, 0.3) is 0 Å². The van der Waals surface area contributed by atoms with Crippen molar-refractivity contribution in [2.75, 3.05) is 13.2 Å². The summed E-state index contributed by atoms with van der Waals surface area (Å²) in [7, 11) is 0. The van der Waals surface area contributed by atoms with E-state index in [1.165, 1.54) is 0 Å². The number of hydrogen-bond acceptors (Lipinski definition) is 3. The number of carbonyl (C=O) groups is 1. The van der Waals surface area contributed by atoms with Crippen LogP contribution in [0.5, 0.6) is 5.75 Å². The second-order valence-electron chi connectivity index (χ2n) is 5.33. The summed E-state index contributed by atoms with van der Waals surface area (Å²) in [6, 6.07) is 6.02. The van der Waals surface area contributed by atoms with Crippen LogP contribution < -0.4 is 15.4 Å². The summed E-state index contributed by atoms with van der Waals surface area (Å²) in [4.78, 5) is 11.6. The maximum Gasteiger partial charge on any atom is 0.223 e. The maximum absolute atomic E-state index is 11.6. The van der Waals surface area contributed by atoms with E-state index in [1.807, 2.05) is 18.2 Å². The van der Waals surface area contributed by atoms with Gasteiger partial charge in [0.2, 0.25) is 5.91 Å². The van der Waals surface area contributed by atoms with E-state index in [0.29, 0.717) is 30.6 Å². The smallest absolute Gasteiger partial charge is 0.223 e. The third-order valence-corrected chi connectivity index (χ3v) is 3.69. The number of ether oxygens (including phenoxy) is 1. The molecule has 1 aromatic rings. The molecule has 0 aromatic heterocycles. The lowest BCUT2D eigenvalue weighted by Crippen LogP contribution is -2.26. The molecule has 5 heteroatoms. The Morgan fingerprint density at radius 1 is 1.43 bits per heavy atom. The second-order valence-corrected chi connectivity index (χ2v) is 5.74. The molecule has 1 amide bonds. The minimum atomic E-state index is 0.0604. The molecule has 4 nitrogen and oxygen atoms in total. The number of amides is 1. The molecule has 116 valence electrons. The first-order valence-corrected chi connectivity index (χ1v) is 7.98. The van der Waals surface area contributed by atoms with Crippen LogP contribution in [-0.4, -0.2) is 25.1 Å². The number of carbonyl (C=O) groups excluding carboxylic acids is 1. The zero-order valence-corrected chi connectivity index (χ0v) is 13.2. The van der Waals surface area contributed by atoms with Gasteiger partial charge in [-0.15, -0.1) is 0 Å². The van der Waals surface area contributed by atoms with E-state index in [0.717, 1.165) is 37.1 Å². The average molecular weight is 311 g/mol. The number of halogens is 1. The Kier molecular flexibility index (Phi) is 6.33. The molecule has 2 N–H and O–H groups in total. The molecule has 1 aliphatic rings. The Morgan fingerprint density at radius 3 is 2.95 bits per heavy atom. The van der Waals surface area contributed by atoms with Crippen LogP contribution in [0.3, 0.4) is 0 Å². The van der Waals surface area contributed by atoms with E-state index in [4.69, 9.17) is 16.3 Å². The van der Waals surface area contributed by atoms with E-state index in [9.17, 15) is 4.79 Å². The van der Waals surface area contributed by atoms with E-state index >= 15 is 0 Å². The van der Waals surface area contributed by atoms with Crippen LogP contribution in [0.1, 0.15) is 38.2 Å². The van der Waals surface area contributed by atoms with Crippen LogP contribution >= 0.6 is 11.6 Å². The van der Waals surface area contributed by atoms with Crippen LogP contribution in [0.4, 0.5) is 0 Å². The molecular weight excluding hydrogens is 288 g/mol. The van der Waals surface area contributed by atoms with Gasteiger partial charge in [-0.3, -0.25) is 4.79 Å². The van der Waals surface area contributed by atoms with Gasteiger partial charge in [0.15, 0.2) is 0 Å². The van der Waals surface area contributed by atoms with Gasteiger partial charge in [0, 0.05) is 23.2 Å². The molecule has 0 unspecified atom stereocenters. The fraction of sp³-hybridized carbons (Fsp3) is 0.562. The molecule has 0 heterocycles. The first-order valence-electron chi connectivity index (χ1n) is 7.61. The zero-order chi connectivity index (χ0) is 15.1. The van der Waals surface area contributed by atoms with E-state index in [1.54, 1.807) is 0 Å². The monoisotopic (exact) mass is 310 g/mol. The lowest BCUT2D eigenvalue weighted by atomic mass is 10.2. The summed E-state index contributed by atoms with van der Waals surface area (Å²) in [5.41, 5.74) is 0.954. The molecule has 0 bridgehead atoms. The first kappa shape index (κ1) is 16.1. The molecule has 1 fully saturated rings. The lowest BCUT2D eigenvalue weighted by Gasteiger charge is -2.13. The molecule has 0 saturated heterocycles. The van der Waals surface area contributed by atoms with E-state index < -0.39 is 0 Å². The highest BCUT2D eigenvalue weighted by Gasteiger charge is 2.22. The molecular formula is C16H23ClN2O2. The van der Waals surface area contributed by atoms with Crippen molar-refractivity contribution in [3.05, 3.63) is 28.8 Å². The Morgan fingerprint density at radius 2 is 2.24 bits per heavy atom. The fourth-order valence-electron chi connectivity index (χ4n) is 2.02. The summed E-state index contributed by atoms with van der Waals surface area (Å²) >= 11 is 6.23. The molecule has 2 rings (SSSR count). The Bertz CT molecular complexity index is 475. The average Bonchev–Trinajstić information content (AvgIpc) is 3.25. The SMILES string of the molecule is CCCNCc1c(Cl)cccc1OCCC(=O)NC1CC1. The number of benzene rings is 1. The van der Waals surface area contributed by atoms with Crippen molar-refractivity contribution in [3.8, 4) is 5.75 Å². The summed E-state index contributed by atoms with van der Waals surface area (Å²) < 4.78 is 5.74. The van der Waals surface area contributed by atoms with Crippen LogP contribution in [0, 0.1) is 0 Å². The Hall–Kier alpha value is -1.26. The van der Waals surface area contributed by atoms with Gasteiger partial charge in [0.05, 0.1) is 13.0 Å². The summed E-state index contributed by atoms with van der Waals surface area (Å²) in [5, 5.41) is 6.97. The molecule has 1 aliphatic carbocycles. The van der Waals surface area contributed by atoms with Crippen LogP contribution in [0.2, 0.25) is 5.02 Å². The van der Waals surface area contributed by atoms with Gasteiger partial charge in [-0.05, 0) is 37.9 Å². The highest BCUT2D eigenvalue weighted by molar-refractivity contribution is 6.31. The third-order valence-electron chi connectivity index (χ3n) is 3.33. The van der Waals surface area contributed by atoms with Gasteiger partial charge in [0.1, 0.15) is 5.75 Å². The Labute approximate surface area is 131 Å². The van der Waals surface area contributed by atoms with Gasteiger partial charge in [-0.25, -0.2) is 0 Å². The van der Waals surface area contributed by atoms with Crippen molar-refractivity contribution in [3.63, 3.8) is 0 Å². The highest BCUT2D eigenvalue weighted by Crippen LogP contribution is 2.26. The Balaban J connectivity index is 1.82. The molecule has 1 saturated carbocycles. The summed E-state index contributed by atoms with van der Waals surface area (Å²) in [6.45, 7) is 4.11. The van der Waals surface area contributed by atoms with E-state index in [-0.39, 0.29) is 5.91 Å². The zero-order valence-electron chi connectivity index (χ0n) is 12.5. The molecule has 0 spiro atoms. The van der Waals surface area contributed by atoms with Gasteiger partial charge in [-0.2, -0.15) is 0 Å². The van der Waals surface area contributed by atoms with Crippen molar-refractivity contribution >= 4 is 17.5 Å². The van der Waals surface area contributed by atoms with Gasteiger partial charge in [-0.1, -0.05) is 24.6 Å². The predicted molar refractivity (Wildman–Crippen MR) is 84.7 cm³/mol. The van der Waals surface area contributed by atoms with Crippen molar-refractivity contribution in [2.45, 2.75) is 45.2 Å². The van der Waals surface area contributed by atoms with E-state index in [2.05, 4.69) is 17.6 Å². The number of hydrogen-bond donors (Lipinski definition) is 2. The van der Waals surface area contributed by atoms with Gasteiger partial charge < -0.3 is 15.4 Å². The normalized spacial score (nSPS) is 14.0. The minimum absolute atomic E-state index is 0.0604. The lowest BCUT2D eigenvalue weighted by molar-refractivity contribution is -0.121. The minimum Gasteiger partial charge on any atom is -0.493 e. The van der Waals surface area contributed by atoms with Crippen molar-refractivity contribution in [1.29, 1.82) is 0 Å². The third kappa shape index (κ3) is 5.56. The van der Waals surface area contributed by atoms with Crippen molar-refractivity contribution < 1.29 is 9.53 Å². The standard InChI is InChI=1S/C16H23ClN2O2/c1-2-9-18-11-13-14(17)4-3-5-15(13)21-10-8-16(20)19-12-6-7-12/h3-5,12,18H,2,6-11H2,1H3,(H,19,20). The molecule has 0 aliphatic heterocycles.